The zero-order valence-corrected chi connectivity index (χ0v) is 13.7. The highest BCUT2D eigenvalue weighted by Gasteiger charge is 2.25. The minimum atomic E-state index is -3.99. The number of nitrogens with one attached hydrogen (secondary N) is 1. The SMILES string of the molecule is C[C@](O)(CCc1ccccc1)CNS(=O)(=O)c1ccccc1F. The van der Waals surface area contributed by atoms with Crippen LogP contribution in [0, 0.1) is 5.82 Å². The molecule has 0 unspecified atom stereocenters. The first-order valence-electron chi connectivity index (χ1n) is 7.31. The monoisotopic (exact) mass is 337 g/mol. The molecule has 0 aliphatic rings. The lowest BCUT2D eigenvalue weighted by atomic mass is 9.97. The molecule has 2 N–H and O–H groups in total. The van der Waals surface area contributed by atoms with E-state index < -0.39 is 26.3 Å². The molecule has 0 bridgehead atoms. The van der Waals surface area contributed by atoms with Crippen LogP contribution >= 0.6 is 0 Å². The van der Waals surface area contributed by atoms with Crippen molar-refractivity contribution < 1.29 is 17.9 Å². The van der Waals surface area contributed by atoms with Crippen LogP contribution in [0.1, 0.15) is 18.9 Å². The zero-order valence-electron chi connectivity index (χ0n) is 12.9. The standard InChI is InChI=1S/C17H20FNO3S/c1-17(20,12-11-14-7-3-2-4-8-14)13-19-23(21,22)16-10-6-5-9-15(16)18/h2-10,19-20H,11-13H2,1H3/t17-/m0/s1. The van der Waals surface area contributed by atoms with Crippen LogP contribution in [0.3, 0.4) is 0 Å². The second-order valence-corrected chi connectivity index (χ2v) is 7.47. The smallest absolute Gasteiger partial charge is 0.243 e. The first kappa shape index (κ1) is 17.6. The Morgan fingerprint density at radius 2 is 1.70 bits per heavy atom. The summed E-state index contributed by atoms with van der Waals surface area (Å²) < 4.78 is 40.1. The van der Waals surface area contributed by atoms with Crippen molar-refractivity contribution in [3.8, 4) is 0 Å². The fraction of sp³-hybridized carbons (Fsp3) is 0.294. The predicted octanol–water partition coefficient (Wildman–Crippen LogP) is 2.49. The quantitative estimate of drug-likeness (QED) is 0.816. The van der Waals surface area contributed by atoms with Crippen molar-refractivity contribution in [2.75, 3.05) is 6.54 Å². The third-order valence-corrected chi connectivity index (χ3v) is 5.00. The van der Waals surface area contributed by atoms with E-state index in [-0.39, 0.29) is 6.54 Å². The lowest BCUT2D eigenvalue weighted by molar-refractivity contribution is 0.0565. The van der Waals surface area contributed by atoms with Gasteiger partial charge in [-0.15, -0.1) is 0 Å². The highest BCUT2D eigenvalue weighted by molar-refractivity contribution is 7.89. The molecule has 0 aliphatic heterocycles. The van der Waals surface area contributed by atoms with Crippen molar-refractivity contribution in [3.63, 3.8) is 0 Å². The number of sulfonamides is 1. The van der Waals surface area contributed by atoms with Gasteiger partial charge in [-0.05, 0) is 37.5 Å². The molecular formula is C17H20FNO3S. The first-order valence-corrected chi connectivity index (χ1v) is 8.79. The van der Waals surface area contributed by atoms with E-state index in [1.807, 2.05) is 30.3 Å². The van der Waals surface area contributed by atoms with Crippen LogP contribution in [-0.2, 0) is 16.4 Å². The number of rotatable bonds is 7. The van der Waals surface area contributed by atoms with Gasteiger partial charge in [0.15, 0.2) is 0 Å². The van der Waals surface area contributed by atoms with Gasteiger partial charge in [0.25, 0.3) is 0 Å². The Labute approximate surface area is 136 Å². The second kappa shape index (κ2) is 7.21. The minimum absolute atomic E-state index is 0.184. The summed E-state index contributed by atoms with van der Waals surface area (Å²) in [6.07, 6.45) is 1.01. The van der Waals surface area contributed by atoms with Gasteiger partial charge in [-0.1, -0.05) is 42.5 Å². The third-order valence-electron chi connectivity index (χ3n) is 3.56. The van der Waals surface area contributed by atoms with Crippen LogP contribution in [0.2, 0.25) is 0 Å². The maximum atomic E-state index is 13.6. The Bertz CT molecular complexity index is 745. The number of aryl methyl sites for hydroxylation is 1. The Morgan fingerprint density at radius 3 is 2.35 bits per heavy atom. The molecule has 6 heteroatoms. The molecule has 2 rings (SSSR count). The molecule has 124 valence electrons. The van der Waals surface area contributed by atoms with Crippen molar-refractivity contribution in [1.82, 2.24) is 4.72 Å². The van der Waals surface area contributed by atoms with Gasteiger partial charge in [0.05, 0.1) is 5.60 Å². The Balaban J connectivity index is 1.97. The van der Waals surface area contributed by atoms with Crippen LogP contribution in [0.5, 0.6) is 0 Å². The molecule has 0 aliphatic carbocycles. The van der Waals surface area contributed by atoms with Crippen LogP contribution < -0.4 is 4.72 Å². The lowest BCUT2D eigenvalue weighted by Crippen LogP contribution is -2.41. The maximum Gasteiger partial charge on any atom is 0.243 e. The summed E-state index contributed by atoms with van der Waals surface area (Å²) in [6, 6.07) is 14.8. The van der Waals surface area contributed by atoms with Gasteiger partial charge in [0, 0.05) is 6.54 Å². The van der Waals surface area contributed by atoms with Gasteiger partial charge < -0.3 is 5.11 Å². The van der Waals surface area contributed by atoms with Crippen LogP contribution in [0.25, 0.3) is 0 Å². The summed E-state index contributed by atoms with van der Waals surface area (Å²) in [6.45, 7) is 1.37. The Morgan fingerprint density at radius 1 is 1.09 bits per heavy atom. The average molecular weight is 337 g/mol. The van der Waals surface area contributed by atoms with E-state index in [0.717, 1.165) is 11.6 Å². The van der Waals surface area contributed by atoms with E-state index in [1.54, 1.807) is 6.92 Å². The summed E-state index contributed by atoms with van der Waals surface area (Å²) in [5.41, 5.74) is -0.168. The number of aliphatic hydroxyl groups is 1. The van der Waals surface area contributed by atoms with Crippen molar-refractivity contribution in [1.29, 1.82) is 0 Å². The Hall–Kier alpha value is -1.76. The highest BCUT2D eigenvalue weighted by atomic mass is 32.2. The maximum absolute atomic E-state index is 13.6. The van der Waals surface area contributed by atoms with Crippen molar-refractivity contribution >= 4 is 10.0 Å². The first-order chi connectivity index (χ1) is 10.8. The number of benzene rings is 2. The van der Waals surface area contributed by atoms with Gasteiger partial charge >= 0.3 is 0 Å². The largest absolute Gasteiger partial charge is 0.389 e. The molecule has 0 fully saturated rings. The summed E-state index contributed by atoms with van der Waals surface area (Å²) in [5, 5.41) is 10.3. The van der Waals surface area contributed by atoms with E-state index in [0.29, 0.717) is 12.8 Å². The van der Waals surface area contributed by atoms with E-state index in [1.165, 1.54) is 18.2 Å². The third kappa shape index (κ3) is 5.13. The summed E-state index contributed by atoms with van der Waals surface area (Å²) in [4.78, 5) is -0.418. The molecule has 0 spiro atoms. The summed E-state index contributed by atoms with van der Waals surface area (Å²) >= 11 is 0. The van der Waals surface area contributed by atoms with Gasteiger partial charge in [-0.25, -0.2) is 17.5 Å². The number of halogens is 1. The normalized spacial score (nSPS) is 14.4. The number of hydrogen-bond donors (Lipinski definition) is 2. The van der Waals surface area contributed by atoms with Gasteiger partial charge in [0.1, 0.15) is 10.7 Å². The molecule has 0 saturated carbocycles. The molecular weight excluding hydrogens is 317 g/mol. The highest BCUT2D eigenvalue weighted by Crippen LogP contribution is 2.16. The molecule has 0 amide bonds. The van der Waals surface area contributed by atoms with E-state index in [2.05, 4.69) is 4.72 Å². The molecule has 0 saturated heterocycles. The van der Waals surface area contributed by atoms with Crippen LogP contribution in [-0.4, -0.2) is 25.7 Å². The molecule has 0 aromatic heterocycles. The topological polar surface area (TPSA) is 66.4 Å². The minimum Gasteiger partial charge on any atom is -0.389 e. The molecule has 0 heterocycles. The van der Waals surface area contributed by atoms with Crippen LogP contribution in [0.15, 0.2) is 59.5 Å². The molecule has 2 aromatic carbocycles. The predicted molar refractivity (Wildman–Crippen MR) is 87.0 cm³/mol. The van der Waals surface area contributed by atoms with Crippen LogP contribution in [0.4, 0.5) is 4.39 Å². The van der Waals surface area contributed by atoms with Gasteiger partial charge in [-0.2, -0.15) is 0 Å². The van der Waals surface area contributed by atoms with E-state index in [9.17, 15) is 17.9 Å². The zero-order chi connectivity index (χ0) is 16.9. The van der Waals surface area contributed by atoms with E-state index >= 15 is 0 Å². The fourth-order valence-corrected chi connectivity index (χ4v) is 3.38. The summed E-state index contributed by atoms with van der Waals surface area (Å²) in [7, 11) is -3.99. The Kier molecular flexibility index (Phi) is 5.51. The van der Waals surface area contributed by atoms with Crippen molar-refractivity contribution in [3.05, 3.63) is 66.0 Å². The van der Waals surface area contributed by atoms with E-state index in [4.69, 9.17) is 0 Å². The van der Waals surface area contributed by atoms with Crippen molar-refractivity contribution in [2.45, 2.75) is 30.3 Å². The van der Waals surface area contributed by atoms with Gasteiger partial charge in [0.2, 0.25) is 10.0 Å². The number of hydrogen-bond acceptors (Lipinski definition) is 3. The van der Waals surface area contributed by atoms with Gasteiger partial charge in [-0.3, -0.25) is 0 Å². The molecule has 1 atom stereocenters. The molecule has 2 aromatic rings. The molecule has 23 heavy (non-hydrogen) atoms. The summed E-state index contributed by atoms with van der Waals surface area (Å²) in [5.74, 6) is -0.816. The second-order valence-electron chi connectivity index (χ2n) is 5.74. The molecule has 0 radical (unpaired) electrons. The van der Waals surface area contributed by atoms with Crippen molar-refractivity contribution in [2.24, 2.45) is 0 Å². The average Bonchev–Trinajstić information content (AvgIpc) is 2.53. The fourth-order valence-electron chi connectivity index (χ4n) is 2.14. The lowest BCUT2D eigenvalue weighted by Gasteiger charge is -2.23. The molecule has 4 nitrogen and oxygen atoms in total.